The fourth-order valence-electron chi connectivity index (χ4n) is 2.48. The molecule has 0 spiro atoms. The number of nitrogens with one attached hydrogen (secondary N) is 1. The number of imide groups is 1. The van der Waals surface area contributed by atoms with E-state index in [4.69, 9.17) is 4.74 Å². The molecule has 2 aromatic rings. The van der Waals surface area contributed by atoms with E-state index in [-0.39, 0.29) is 36.0 Å². The summed E-state index contributed by atoms with van der Waals surface area (Å²) in [7, 11) is 0. The number of carbonyl (C=O) groups excluding carboxylic acids is 3. The Morgan fingerprint density at radius 2 is 1.83 bits per heavy atom. The van der Waals surface area contributed by atoms with Crippen molar-refractivity contribution in [1.29, 1.82) is 0 Å². The van der Waals surface area contributed by atoms with Crippen molar-refractivity contribution in [2.75, 3.05) is 18.5 Å². The van der Waals surface area contributed by atoms with Crippen molar-refractivity contribution in [2.45, 2.75) is 0 Å². The van der Waals surface area contributed by atoms with E-state index in [0.717, 1.165) is 22.2 Å². The van der Waals surface area contributed by atoms with Gasteiger partial charge < -0.3 is 10.1 Å². The molecule has 3 rings (SSSR count). The number of halogens is 1. The third-order valence-corrected chi connectivity index (χ3v) is 4.77. The molecule has 2 aromatic carbocycles. The Bertz CT molecular complexity index is 971. The highest BCUT2D eigenvalue weighted by Crippen LogP contribution is 2.32. The molecule has 1 heterocycles. The average molecular weight is 412 g/mol. The number of hydrogen-bond donors (Lipinski definition) is 1. The van der Waals surface area contributed by atoms with Crippen molar-refractivity contribution in [3.05, 3.63) is 77.5 Å². The second-order valence-electron chi connectivity index (χ2n) is 5.99. The molecule has 1 aliphatic heterocycles. The molecule has 1 aliphatic rings. The molecule has 1 fully saturated rings. The summed E-state index contributed by atoms with van der Waals surface area (Å²) in [6.45, 7) is 3.50. The van der Waals surface area contributed by atoms with Gasteiger partial charge in [-0.25, -0.2) is 4.39 Å². The van der Waals surface area contributed by atoms with Crippen LogP contribution in [0.25, 0.3) is 6.08 Å². The predicted octanol–water partition coefficient (Wildman–Crippen LogP) is 4.07. The van der Waals surface area contributed by atoms with Gasteiger partial charge in [0.05, 0.1) is 4.91 Å². The highest BCUT2D eigenvalue weighted by atomic mass is 32.2. The zero-order chi connectivity index (χ0) is 20.8. The van der Waals surface area contributed by atoms with Gasteiger partial charge in [0.1, 0.15) is 11.6 Å². The van der Waals surface area contributed by atoms with Gasteiger partial charge in [-0.05, 0) is 59.8 Å². The van der Waals surface area contributed by atoms with E-state index >= 15 is 0 Å². The lowest BCUT2D eigenvalue weighted by Crippen LogP contribution is -2.27. The van der Waals surface area contributed by atoms with Crippen LogP contribution in [-0.4, -0.2) is 35.1 Å². The van der Waals surface area contributed by atoms with Gasteiger partial charge in [-0.2, -0.15) is 0 Å². The largest absolute Gasteiger partial charge is 0.484 e. The number of amides is 3. The second-order valence-corrected chi connectivity index (χ2v) is 6.99. The van der Waals surface area contributed by atoms with Crippen molar-refractivity contribution in [1.82, 2.24) is 4.90 Å². The molecule has 6 nitrogen and oxygen atoms in total. The van der Waals surface area contributed by atoms with Crippen molar-refractivity contribution in [3.63, 3.8) is 0 Å². The third kappa shape index (κ3) is 5.32. The molecule has 0 saturated carbocycles. The van der Waals surface area contributed by atoms with Gasteiger partial charge in [0, 0.05) is 12.2 Å². The second kappa shape index (κ2) is 9.20. The Balaban J connectivity index is 1.55. The molecule has 0 unspecified atom stereocenters. The standard InChI is InChI=1S/C21H17FN2O4S/c1-2-11-24-20(26)18(29-21(24)27)12-14-3-9-17(10-4-14)28-13-19(25)23-16-7-5-15(22)6-8-16/h2-10,12H,1,11,13H2,(H,23,25)/b18-12-. The maximum Gasteiger partial charge on any atom is 0.293 e. The molecule has 0 radical (unpaired) electrons. The number of anilines is 1. The van der Waals surface area contributed by atoms with Gasteiger partial charge in [0.25, 0.3) is 17.1 Å². The van der Waals surface area contributed by atoms with E-state index in [0.29, 0.717) is 16.3 Å². The molecule has 0 aliphatic carbocycles. The molecule has 1 saturated heterocycles. The van der Waals surface area contributed by atoms with Crippen molar-refractivity contribution >= 4 is 40.6 Å². The van der Waals surface area contributed by atoms with Crippen molar-refractivity contribution < 1.29 is 23.5 Å². The molecule has 148 valence electrons. The Kier molecular flexibility index (Phi) is 6.46. The Hall–Kier alpha value is -3.39. The van der Waals surface area contributed by atoms with Crippen LogP contribution in [-0.2, 0) is 9.59 Å². The van der Waals surface area contributed by atoms with Crippen molar-refractivity contribution in [3.8, 4) is 5.75 Å². The minimum atomic E-state index is -0.384. The summed E-state index contributed by atoms with van der Waals surface area (Å²) in [4.78, 5) is 37.4. The molecule has 0 aromatic heterocycles. The molecule has 0 bridgehead atoms. The first-order valence-electron chi connectivity index (χ1n) is 8.61. The highest BCUT2D eigenvalue weighted by Gasteiger charge is 2.33. The summed E-state index contributed by atoms with van der Waals surface area (Å²) in [5, 5.41) is 2.27. The summed E-state index contributed by atoms with van der Waals surface area (Å²) < 4.78 is 18.3. The molecule has 0 atom stereocenters. The zero-order valence-corrected chi connectivity index (χ0v) is 16.1. The van der Waals surface area contributed by atoms with Crippen LogP contribution in [0, 0.1) is 5.82 Å². The van der Waals surface area contributed by atoms with E-state index in [9.17, 15) is 18.8 Å². The normalized spacial score (nSPS) is 14.9. The zero-order valence-electron chi connectivity index (χ0n) is 15.3. The molecular formula is C21H17FN2O4S. The molecule has 1 N–H and O–H groups in total. The topological polar surface area (TPSA) is 75.7 Å². The number of benzene rings is 2. The lowest BCUT2D eigenvalue weighted by atomic mass is 10.2. The number of thioether (sulfide) groups is 1. The fourth-order valence-corrected chi connectivity index (χ4v) is 3.33. The Morgan fingerprint density at radius 3 is 2.48 bits per heavy atom. The number of rotatable bonds is 7. The van der Waals surface area contributed by atoms with E-state index < -0.39 is 0 Å². The highest BCUT2D eigenvalue weighted by molar-refractivity contribution is 8.18. The predicted molar refractivity (Wildman–Crippen MR) is 110 cm³/mol. The van der Waals surface area contributed by atoms with Gasteiger partial charge in [0.15, 0.2) is 6.61 Å². The molecule has 3 amide bonds. The van der Waals surface area contributed by atoms with E-state index in [1.807, 2.05) is 0 Å². The van der Waals surface area contributed by atoms with Crippen LogP contribution in [0.4, 0.5) is 14.9 Å². The number of carbonyl (C=O) groups is 3. The number of hydrogen-bond acceptors (Lipinski definition) is 5. The van der Waals surface area contributed by atoms with E-state index in [1.165, 1.54) is 30.3 Å². The first-order valence-corrected chi connectivity index (χ1v) is 9.42. The molecule has 29 heavy (non-hydrogen) atoms. The quantitative estimate of drug-likeness (QED) is 0.548. The molecular weight excluding hydrogens is 395 g/mol. The smallest absolute Gasteiger partial charge is 0.293 e. The van der Waals surface area contributed by atoms with Gasteiger partial charge in [0.2, 0.25) is 0 Å². The van der Waals surface area contributed by atoms with Crippen LogP contribution in [0.15, 0.2) is 66.1 Å². The first-order chi connectivity index (χ1) is 14.0. The SMILES string of the molecule is C=CCN1C(=O)S/C(=C\c2ccc(OCC(=O)Nc3ccc(F)cc3)cc2)C1=O. The molecule has 8 heteroatoms. The Morgan fingerprint density at radius 1 is 1.14 bits per heavy atom. The number of nitrogens with zero attached hydrogens (tertiary/aromatic N) is 1. The first kappa shape index (κ1) is 20.3. The third-order valence-electron chi connectivity index (χ3n) is 3.86. The van der Waals surface area contributed by atoms with Crippen LogP contribution >= 0.6 is 11.8 Å². The summed E-state index contributed by atoms with van der Waals surface area (Å²) in [6, 6.07) is 12.2. The summed E-state index contributed by atoms with van der Waals surface area (Å²) in [6.07, 6.45) is 3.12. The maximum atomic E-state index is 12.9. The Labute approximate surface area is 171 Å². The lowest BCUT2D eigenvalue weighted by Gasteiger charge is -2.08. The van der Waals surface area contributed by atoms with Crippen molar-refractivity contribution in [2.24, 2.45) is 0 Å². The average Bonchev–Trinajstić information content (AvgIpc) is 2.97. The van der Waals surface area contributed by atoms with Gasteiger partial charge in [-0.1, -0.05) is 18.2 Å². The maximum absolute atomic E-state index is 12.9. The minimum absolute atomic E-state index is 0.175. The monoisotopic (exact) mass is 412 g/mol. The number of ether oxygens (including phenoxy) is 1. The lowest BCUT2D eigenvalue weighted by molar-refractivity contribution is -0.122. The van der Waals surface area contributed by atoms with Crippen LogP contribution in [0.5, 0.6) is 5.75 Å². The minimum Gasteiger partial charge on any atom is -0.484 e. The van der Waals surface area contributed by atoms with Crippen LogP contribution in [0.2, 0.25) is 0 Å². The van der Waals surface area contributed by atoms with Gasteiger partial charge >= 0.3 is 0 Å². The van der Waals surface area contributed by atoms with Gasteiger partial charge in [-0.3, -0.25) is 19.3 Å². The van der Waals surface area contributed by atoms with Crippen LogP contribution in [0.1, 0.15) is 5.56 Å². The fraction of sp³-hybridized carbons (Fsp3) is 0.0952. The van der Waals surface area contributed by atoms with E-state index in [2.05, 4.69) is 11.9 Å². The summed E-state index contributed by atoms with van der Waals surface area (Å²) >= 11 is 0.880. The van der Waals surface area contributed by atoms with Crippen LogP contribution < -0.4 is 10.1 Å². The van der Waals surface area contributed by atoms with Crippen LogP contribution in [0.3, 0.4) is 0 Å². The summed E-state index contributed by atoms with van der Waals surface area (Å²) in [5.41, 5.74) is 1.19. The van der Waals surface area contributed by atoms with Gasteiger partial charge in [-0.15, -0.1) is 6.58 Å². The van der Waals surface area contributed by atoms with E-state index in [1.54, 1.807) is 30.3 Å². The summed E-state index contributed by atoms with van der Waals surface area (Å²) in [5.74, 6) is -0.643.